The van der Waals surface area contributed by atoms with Gasteiger partial charge in [-0.05, 0) is 39.7 Å². The summed E-state index contributed by atoms with van der Waals surface area (Å²) in [5.74, 6) is -3.28. The molecule has 0 bridgehead atoms. The number of hydrogen-bond acceptors (Lipinski definition) is 6. The molecule has 11 nitrogen and oxygen atoms in total. The van der Waals surface area contributed by atoms with E-state index < -0.39 is 88.2 Å². The van der Waals surface area contributed by atoms with Crippen LogP contribution >= 0.6 is 11.6 Å². The first-order chi connectivity index (χ1) is 17.5. The summed E-state index contributed by atoms with van der Waals surface area (Å²) < 4.78 is 63.4. The second-order valence-electron chi connectivity index (χ2n) is 10.2. The summed E-state index contributed by atoms with van der Waals surface area (Å²) in [7, 11) is 0. The van der Waals surface area contributed by atoms with Crippen molar-refractivity contribution in [3.63, 3.8) is 0 Å². The van der Waals surface area contributed by atoms with Crippen molar-refractivity contribution in [2.75, 3.05) is 23.4 Å². The van der Waals surface area contributed by atoms with Gasteiger partial charge in [0.1, 0.15) is 11.4 Å². The molecule has 1 aliphatic heterocycles. The molecule has 1 aromatic heterocycles. The quantitative estimate of drug-likeness (QED) is 0.484. The van der Waals surface area contributed by atoms with Gasteiger partial charge in [-0.2, -0.15) is 17.8 Å². The van der Waals surface area contributed by atoms with Crippen LogP contribution in [-0.2, 0) is 4.74 Å². The Hall–Kier alpha value is -3.49. The Morgan fingerprint density at radius 1 is 1.16 bits per heavy atom. The molecule has 16 heteroatoms. The van der Waals surface area contributed by atoms with E-state index in [0.717, 1.165) is 9.47 Å². The van der Waals surface area contributed by atoms with Gasteiger partial charge in [-0.25, -0.2) is 24.2 Å². The molecule has 1 aromatic carbocycles. The summed E-state index contributed by atoms with van der Waals surface area (Å²) in [5, 5.41) is 10.3. The van der Waals surface area contributed by atoms with E-state index in [2.05, 4.69) is 5.32 Å². The fraction of sp³-hybridized carbons (Fsp3) is 0.545. The fourth-order valence-corrected chi connectivity index (χ4v) is 4.89. The molecular formula is C22H24ClF4N5O6. The van der Waals surface area contributed by atoms with Crippen molar-refractivity contribution in [3.05, 3.63) is 37.7 Å². The van der Waals surface area contributed by atoms with Crippen LogP contribution in [0.5, 0.6) is 0 Å². The van der Waals surface area contributed by atoms with E-state index in [1.807, 2.05) is 0 Å². The Labute approximate surface area is 216 Å². The number of anilines is 1. The lowest BCUT2D eigenvalue weighted by Crippen LogP contribution is -2.47. The summed E-state index contributed by atoms with van der Waals surface area (Å²) in [5.41, 5.74) is -2.30. The Balaban J connectivity index is 1.82. The number of ether oxygens (including phenoxy) is 1. The summed E-state index contributed by atoms with van der Waals surface area (Å²) >= 11 is 6.49. The zero-order valence-corrected chi connectivity index (χ0v) is 21.1. The minimum absolute atomic E-state index is 0.203. The van der Waals surface area contributed by atoms with Gasteiger partial charge in [-0.3, -0.25) is 9.36 Å². The van der Waals surface area contributed by atoms with E-state index in [1.165, 1.54) is 0 Å². The third-order valence-corrected chi connectivity index (χ3v) is 6.48. The number of benzene rings is 1. The minimum Gasteiger partial charge on any atom is -0.464 e. The van der Waals surface area contributed by atoms with E-state index in [0.29, 0.717) is 18.9 Å². The Bertz CT molecular complexity index is 1430. The van der Waals surface area contributed by atoms with E-state index in [-0.39, 0.29) is 10.2 Å². The highest BCUT2D eigenvalue weighted by atomic mass is 35.5. The smallest absolute Gasteiger partial charge is 0.424 e. The van der Waals surface area contributed by atoms with Gasteiger partial charge in [0.2, 0.25) is 0 Å². The van der Waals surface area contributed by atoms with Crippen LogP contribution in [0.2, 0.25) is 5.02 Å². The number of aromatic nitrogens is 2. The Morgan fingerprint density at radius 2 is 1.79 bits per heavy atom. The lowest BCUT2D eigenvalue weighted by Gasteiger charge is -2.25. The van der Waals surface area contributed by atoms with Crippen molar-refractivity contribution in [1.82, 2.24) is 14.6 Å². The summed E-state index contributed by atoms with van der Waals surface area (Å²) in [6.07, 6.45) is -6.62. The lowest BCUT2D eigenvalue weighted by molar-refractivity contribution is -0.173. The van der Waals surface area contributed by atoms with E-state index in [4.69, 9.17) is 21.4 Å². The van der Waals surface area contributed by atoms with Gasteiger partial charge in [0, 0.05) is 19.1 Å². The van der Waals surface area contributed by atoms with Crippen molar-refractivity contribution in [3.8, 4) is 0 Å². The topological polar surface area (TPSA) is 135 Å². The van der Waals surface area contributed by atoms with Gasteiger partial charge in [0.05, 0.1) is 33.6 Å². The molecule has 0 spiro atoms. The molecule has 3 N–H and O–H groups in total. The molecular weight excluding hydrogens is 542 g/mol. The molecule has 2 aromatic rings. The van der Waals surface area contributed by atoms with E-state index in [1.54, 1.807) is 26.2 Å². The number of nitrogens with zero attached hydrogens (tertiary/aromatic N) is 3. The average molecular weight is 566 g/mol. The van der Waals surface area contributed by atoms with Crippen molar-refractivity contribution in [2.24, 2.45) is 5.92 Å². The van der Waals surface area contributed by atoms with Crippen LogP contribution in [0.4, 0.5) is 32.8 Å². The molecule has 1 aliphatic carbocycles. The largest absolute Gasteiger partial charge is 0.464 e. The Kier molecular flexibility index (Phi) is 6.78. The Morgan fingerprint density at radius 3 is 2.32 bits per heavy atom. The summed E-state index contributed by atoms with van der Waals surface area (Å²) in [4.78, 5) is 50.1. The predicted molar refractivity (Wildman–Crippen MR) is 128 cm³/mol. The molecule has 0 radical (unpaired) electrons. The number of fused-ring (bicyclic) bond motifs is 1. The van der Waals surface area contributed by atoms with E-state index in [9.17, 15) is 32.3 Å². The molecule has 2 heterocycles. The third-order valence-electron chi connectivity index (χ3n) is 6.12. The van der Waals surface area contributed by atoms with Crippen LogP contribution in [0.3, 0.4) is 0 Å². The number of amides is 2. The maximum atomic E-state index is 15.4. The number of nitrogens with one attached hydrogen (secondary N) is 2. The van der Waals surface area contributed by atoms with Gasteiger partial charge in [-0.1, -0.05) is 11.6 Å². The van der Waals surface area contributed by atoms with Crippen molar-refractivity contribution in [1.29, 1.82) is 0 Å². The molecule has 0 unspecified atom stereocenters. The second-order valence-corrected chi connectivity index (χ2v) is 10.5. The lowest BCUT2D eigenvalue weighted by atomic mass is 10.0. The SMILES string of the molecule is CC(C)(C)OC(=O)N[C@H]1CN(c2c(F)cc3c(=O)n(NC(=O)O)c(=O)n(C4CC4)c3c2Cl)C[C@@H]1C(F)(F)F. The van der Waals surface area contributed by atoms with Crippen molar-refractivity contribution < 1.29 is 37.0 Å². The molecule has 1 saturated heterocycles. The van der Waals surface area contributed by atoms with Crippen molar-refractivity contribution in [2.45, 2.75) is 57.5 Å². The van der Waals surface area contributed by atoms with Crippen LogP contribution in [0.1, 0.15) is 39.7 Å². The maximum absolute atomic E-state index is 15.4. The first-order valence-electron chi connectivity index (χ1n) is 11.5. The number of hydrogen-bond donors (Lipinski definition) is 3. The average Bonchev–Trinajstić information content (AvgIpc) is 3.50. The molecule has 38 heavy (non-hydrogen) atoms. The predicted octanol–water partition coefficient (Wildman–Crippen LogP) is 3.40. The highest BCUT2D eigenvalue weighted by Crippen LogP contribution is 2.43. The number of halogens is 5. The number of carboxylic acid groups (broad SMARTS) is 1. The number of alkyl carbamates (subject to hydrolysis) is 1. The monoisotopic (exact) mass is 565 g/mol. The van der Waals surface area contributed by atoms with Crippen molar-refractivity contribution >= 4 is 40.4 Å². The molecule has 2 aliphatic rings. The number of carbonyl (C=O) groups is 2. The number of rotatable bonds is 4. The first kappa shape index (κ1) is 27.5. The summed E-state index contributed by atoms with van der Waals surface area (Å²) in [6, 6.07) is -1.30. The fourth-order valence-electron chi connectivity index (χ4n) is 4.49. The van der Waals surface area contributed by atoms with Gasteiger partial charge in [0.15, 0.2) is 0 Å². The molecule has 208 valence electrons. The molecule has 2 atom stereocenters. The third kappa shape index (κ3) is 5.24. The highest BCUT2D eigenvalue weighted by Gasteiger charge is 2.51. The number of alkyl halides is 3. The van der Waals surface area contributed by atoms with Crippen LogP contribution in [0.25, 0.3) is 10.9 Å². The standard InChI is InChI=1S/C22H24ClF4N5O6/c1-21(2,3)38-19(36)28-13-8-30(7-11(13)22(25,26)27)16-12(24)6-10-15(14(16)23)31(9-4-5-9)20(37)32(17(10)33)29-18(34)35/h6,9,11,13,29H,4-5,7-8H2,1-3H3,(H,28,36)(H,34,35)/t11-,13-/m0/s1. The van der Waals surface area contributed by atoms with Crippen LogP contribution < -0.4 is 26.9 Å². The first-order valence-corrected chi connectivity index (χ1v) is 11.9. The zero-order valence-electron chi connectivity index (χ0n) is 20.4. The molecule has 4 rings (SSSR count). The van der Waals surface area contributed by atoms with Gasteiger partial charge >= 0.3 is 24.1 Å². The van der Waals surface area contributed by atoms with Crippen LogP contribution in [0.15, 0.2) is 15.7 Å². The van der Waals surface area contributed by atoms with E-state index >= 15 is 4.39 Å². The summed E-state index contributed by atoms with van der Waals surface area (Å²) in [6.45, 7) is 3.34. The zero-order chi connectivity index (χ0) is 28.3. The maximum Gasteiger partial charge on any atom is 0.424 e. The molecule has 1 saturated carbocycles. The minimum atomic E-state index is -4.78. The van der Waals surface area contributed by atoms with Gasteiger partial charge in [-0.15, -0.1) is 0 Å². The second kappa shape index (κ2) is 9.36. The molecule has 2 fully saturated rings. The van der Waals surface area contributed by atoms with Gasteiger partial charge in [0.25, 0.3) is 5.56 Å². The normalized spacial score (nSPS) is 20.1. The molecule has 2 amide bonds. The van der Waals surface area contributed by atoms with Gasteiger partial charge < -0.3 is 20.1 Å². The van der Waals surface area contributed by atoms with Crippen LogP contribution in [-0.4, -0.2) is 57.4 Å². The number of carbonyl (C=O) groups excluding carboxylic acids is 1. The van der Waals surface area contributed by atoms with Crippen LogP contribution in [0, 0.1) is 11.7 Å². The highest BCUT2D eigenvalue weighted by molar-refractivity contribution is 6.38.